The smallest absolute Gasteiger partial charge is 0.356 e. The highest BCUT2D eigenvalue weighted by molar-refractivity contribution is 6.04. The Kier molecular flexibility index (Phi) is 5.89. The van der Waals surface area contributed by atoms with Crippen LogP contribution in [0.15, 0.2) is 36.5 Å². The molecular formula is C23H25N5O4. The molecule has 32 heavy (non-hydrogen) atoms. The molecule has 1 amide bonds. The second-order valence-corrected chi connectivity index (χ2v) is 8.20. The third kappa shape index (κ3) is 4.18. The van der Waals surface area contributed by atoms with Crippen LogP contribution in [0.2, 0.25) is 0 Å². The van der Waals surface area contributed by atoms with Crippen molar-refractivity contribution in [2.24, 2.45) is 18.9 Å². The first kappa shape index (κ1) is 21.5. The van der Waals surface area contributed by atoms with Gasteiger partial charge in [0.15, 0.2) is 11.5 Å². The normalized spacial score (nSPS) is 18.3. The molecule has 2 aromatic heterocycles. The number of anilines is 1. The van der Waals surface area contributed by atoms with Gasteiger partial charge in [-0.15, -0.1) is 0 Å². The maximum absolute atomic E-state index is 13.3. The number of nitrogens with zero attached hydrogens (tertiary/aromatic N) is 3. The summed E-state index contributed by atoms with van der Waals surface area (Å²) in [7, 11) is 1.50. The molecule has 0 unspecified atom stereocenters. The number of hydrogen-bond donors (Lipinski definition) is 3. The number of carbonyl (C=O) groups is 3. The van der Waals surface area contributed by atoms with Crippen LogP contribution in [-0.4, -0.2) is 42.7 Å². The van der Waals surface area contributed by atoms with E-state index in [4.69, 9.17) is 0 Å². The molecule has 1 aromatic carbocycles. The third-order valence-electron chi connectivity index (χ3n) is 6.01. The number of rotatable bonds is 6. The molecule has 0 spiro atoms. The highest BCUT2D eigenvalue weighted by Crippen LogP contribution is 2.34. The van der Waals surface area contributed by atoms with Gasteiger partial charge < -0.3 is 10.4 Å². The number of carbonyl (C=O) groups excluding carboxylic acids is 2. The van der Waals surface area contributed by atoms with Crippen molar-refractivity contribution in [1.29, 1.82) is 0 Å². The lowest BCUT2D eigenvalue weighted by Crippen LogP contribution is -2.36. The fraction of sp³-hybridized carbons (Fsp3) is 0.348. The van der Waals surface area contributed by atoms with Crippen LogP contribution in [0.3, 0.4) is 0 Å². The van der Waals surface area contributed by atoms with Gasteiger partial charge in [-0.3, -0.25) is 19.4 Å². The summed E-state index contributed by atoms with van der Waals surface area (Å²) in [6.45, 7) is 1.92. The molecule has 9 nitrogen and oxygen atoms in total. The Bertz CT molecular complexity index is 1160. The molecular weight excluding hydrogens is 410 g/mol. The Hall–Kier alpha value is -3.75. The summed E-state index contributed by atoms with van der Waals surface area (Å²) in [4.78, 5) is 37.8. The predicted molar refractivity (Wildman–Crippen MR) is 117 cm³/mol. The van der Waals surface area contributed by atoms with Crippen molar-refractivity contribution in [3.63, 3.8) is 0 Å². The molecule has 1 saturated carbocycles. The second-order valence-electron chi connectivity index (χ2n) is 8.20. The van der Waals surface area contributed by atoms with Crippen LogP contribution in [0, 0.1) is 18.8 Å². The van der Waals surface area contributed by atoms with E-state index in [-0.39, 0.29) is 23.1 Å². The number of aryl methyl sites for hydroxylation is 2. The maximum Gasteiger partial charge on any atom is 0.356 e. The highest BCUT2D eigenvalue weighted by Gasteiger charge is 2.36. The van der Waals surface area contributed by atoms with E-state index in [0.717, 1.165) is 29.8 Å². The van der Waals surface area contributed by atoms with Crippen LogP contribution in [0.25, 0.3) is 11.3 Å². The third-order valence-corrected chi connectivity index (χ3v) is 6.01. The van der Waals surface area contributed by atoms with Crippen molar-refractivity contribution in [3.05, 3.63) is 53.5 Å². The van der Waals surface area contributed by atoms with Gasteiger partial charge in [-0.05, 0) is 25.8 Å². The molecule has 1 aliphatic rings. The molecule has 2 heterocycles. The number of Topliss-reactive ketones (excluding diaryl/α,β-unsaturated/α-hetero) is 1. The van der Waals surface area contributed by atoms with Crippen LogP contribution in [-0.2, 0) is 11.8 Å². The molecule has 0 radical (unpaired) electrons. The largest absolute Gasteiger partial charge is 0.476 e. The number of nitrogens with one attached hydrogen (secondary N) is 2. The Balaban J connectivity index is 1.52. The number of H-pyrrole nitrogens is 1. The second kappa shape index (κ2) is 8.78. The summed E-state index contributed by atoms with van der Waals surface area (Å²) in [5.74, 6) is -2.57. The number of aromatic carboxylic acids is 1. The molecule has 2 atom stereocenters. The molecule has 3 aromatic rings. The van der Waals surface area contributed by atoms with Crippen molar-refractivity contribution < 1.29 is 19.5 Å². The first-order valence-corrected chi connectivity index (χ1v) is 10.6. The van der Waals surface area contributed by atoms with Crippen molar-refractivity contribution >= 4 is 23.3 Å². The zero-order valence-corrected chi connectivity index (χ0v) is 18.0. The molecule has 1 fully saturated rings. The van der Waals surface area contributed by atoms with Crippen LogP contribution < -0.4 is 5.32 Å². The van der Waals surface area contributed by atoms with Crippen molar-refractivity contribution in [2.75, 3.05) is 5.32 Å². The number of carboxylic acids is 1. The SMILES string of the molecule is Cc1cc(-c2ccc(C(=O)[C@@H]3CCCC[C@H]3C(=O)Nc3cnn(C)c3C(=O)O)cc2)n[nH]1. The average Bonchev–Trinajstić information content (AvgIpc) is 3.38. The standard InChI is InChI=1S/C23H25N5O4/c1-13-11-18(27-26-13)14-7-9-15(10-8-14)21(29)16-5-3-4-6-17(16)22(30)25-19-12-24-28(2)20(19)23(31)32/h7-12,16-17H,3-6H2,1-2H3,(H,25,30)(H,26,27)(H,31,32)/t16-,17-/m1/s1. The van der Waals surface area contributed by atoms with Gasteiger partial charge >= 0.3 is 5.97 Å². The van der Waals surface area contributed by atoms with E-state index in [1.807, 2.05) is 25.1 Å². The number of aromatic amines is 1. The van der Waals surface area contributed by atoms with Gasteiger partial charge in [0.1, 0.15) is 0 Å². The zero-order valence-electron chi connectivity index (χ0n) is 18.0. The van der Waals surface area contributed by atoms with Crippen molar-refractivity contribution in [3.8, 4) is 11.3 Å². The van der Waals surface area contributed by atoms with Crippen LogP contribution in [0.5, 0.6) is 0 Å². The zero-order chi connectivity index (χ0) is 22.8. The van der Waals surface area contributed by atoms with Gasteiger partial charge in [0, 0.05) is 35.7 Å². The van der Waals surface area contributed by atoms with Crippen molar-refractivity contribution in [2.45, 2.75) is 32.6 Å². The van der Waals surface area contributed by atoms with Crippen LogP contribution in [0.1, 0.15) is 52.2 Å². The van der Waals surface area contributed by atoms with Gasteiger partial charge in [0.25, 0.3) is 0 Å². The highest BCUT2D eigenvalue weighted by atomic mass is 16.4. The topological polar surface area (TPSA) is 130 Å². The van der Waals surface area contributed by atoms with Gasteiger partial charge in [-0.1, -0.05) is 37.1 Å². The summed E-state index contributed by atoms with van der Waals surface area (Å²) in [5, 5.41) is 23.1. The van der Waals surface area contributed by atoms with Gasteiger partial charge in [0.2, 0.25) is 5.91 Å². The number of carboxylic acid groups (broad SMARTS) is 1. The number of benzene rings is 1. The Morgan fingerprint density at radius 3 is 2.44 bits per heavy atom. The van der Waals surface area contributed by atoms with Gasteiger partial charge in [0.05, 0.1) is 17.6 Å². The lowest BCUT2D eigenvalue weighted by Gasteiger charge is -2.29. The Morgan fingerprint density at radius 1 is 1.12 bits per heavy atom. The van der Waals surface area contributed by atoms with E-state index in [1.54, 1.807) is 12.1 Å². The first-order chi connectivity index (χ1) is 15.3. The molecule has 1 aliphatic carbocycles. The van der Waals surface area contributed by atoms with Gasteiger partial charge in [-0.2, -0.15) is 10.2 Å². The maximum atomic E-state index is 13.3. The number of hydrogen-bond acceptors (Lipinski definition) is 5. The predicted octanol–water partition coefficient (Wildman–Crippen LogP) is 3.44. The fourth-order valence-electron chi connectivity index (χ4n) is 4.35. The van der Waals surface area contributed by atoms with E-state index in [0.29, 0.717) is 18.4 Å². The Morgan fingerprint density at radius 2 is 1.81 bits per heavy atom. The molecule has 9 heteroatoms. The summed E-state index contributed by atoms with van der Waals surface area (Å²) in [6, 6.07) is 9.19. The molecule has 0 saturated heterocycles. The van der Waals surface area contributed by atoms with Crippen LogP contribution in [0.4, 0.5) is 5.69 Å². The number of ketones is 1. The van der Waals surface area contributed by atoms with E-state index in [2.05, 4.69) is 20.6 Å². The summed E-state index contributed by atoms with van der Waals surface area (Å²) in [6.07, 6.45) is 4.23. The van der Waals surface area contributed by atoms with Crippen molar-refractivity contribution in [1.82, 2.24) is 20.0 Å². The monoisotopic (exact) mass is 435 g/mol. The molecule has 4 rings (SSSR count). The molecule has 166 valence electrons. The van der Waals surface area contributed by atoms with E-state index >= 15 is 0 Å². The molecule has 3 N–H and O–H groups in total. The minimum absolute atomic E-state index is 0.0701. The summed E-state index contributed by atoms with van der Waals surface area (Å²) < 4.78 is 1.20. The quantitative estimate of drug-likeness (QED) is 0.509. The lowest BCUT2D eigenvalue weighted by molar-refractivity contribution is -0.122. The lowest BCUT2D eigenvalue weighted by atomic mass is 9.75. The average molecular weight is 435 g/mol. The number of aromatic nitrogens is 4. The summed E-state index contributed by atoms with van der Waals surface area (Å²) in [5.41, 5.74) is 3.26. The minimum atomic E-state index is -1.18. The van der Waals surface area contributed by atoms with E-state index in [1.165, 1.54) is 17.9 Å². The molecule has 0 aliphatic heterocycles. The van der Waals surface area contributed by atoms with Gasteiger partial charge in [-0.25, -0.2) is 4.79 Å². The first-order valence-electron chi connectivity index (χ1n) is 10.6. The Labute approximate surface area is 184 Å². The van der Waals surface area contributed by atoms with E-state index < -0.39 is 17.8 Å². The fourth-order valence-corrected chi connectivity index (χ4v) is 4.35. The minimum Gasteiger partial charge on any atom is -0.476 e. The van der Waals surface area contributed by atoms with E-state index in [9.17, 15) is 19.5 Å². The van der Waals surface area contributed by atoms with Crippen LogP contribution >= 0.6 is 0 Å². The number of amides is 1. The summed E-state index contributed by atoms with van der Waals surface area (Å²) >= 11 is 0. The molecule has 0 bridgehead atoms.